The number of nitrogens with one attached hydrogen (secondary N) is 1. The Hall–Kier alpha value is -2.95. The Balaban J connectivity index is 1.53. The summed E-state index contributed by atoms with van der Waals surface area (Å²) in [4.78, 5) is 28.5. The fourth-order valence-electron chi connectivity index (χ4n) is 4.02. The standard InChI is InChI=1S/C22H20FNO3/c23-16-7-5-6-15(12-16)22(10-3-4-11-22)21(26)27-14-20(25)18-13-24-19-9-2-1-8-17(18)19/h1-2,5-9,12-13,24H,3-4,10-11,14H2. The van der Waals surface area contributed by atoms with E-state index in [9.17, 15) is 14.0 Å². The number of esters is 1. The summed E-state index contributed by atoms with van der Waals surface area (Å²) in [5, 5.41) is 0.805. The molecule has 5 heteroatoms. The number of aromatic nitrogens is 1. The lowest BCUT2D eigenvalue weighted by atomic mass is 9.79. The number of carbonyl (C=O) groups is 2. The monoisotopic (exact) mass is 365 g/mol. The predicted octanol–water partition coefficient (Wildman–Crippen LogP) is 4.54. The van der Waals surface area contributed by atoms with Crippen molar-refractivity contribution in [1.29, 1.82) is 0 Å². The Morgan fingerprint density at radius 2 is 1.85 bits per heavy atom. The number of hydrogen-bond acceptors (Lipinski definition) is 3. The van der Waals surface area contributed by atoms with E-state index in [0.29, 0.717) is 24.0 Å². The lowest BCUT2D eigenvalue weighted by Gasteiger charge is -2.27. The molecular weight excluding hydrogens is 345 g/mol. The predicted molar refractivity (Wildman–Crippen MR) is 100 cm³/mol. The maximum absolute atomic E-state index is 13.7. The highest BCUT2D eigenvalue weighted by Gasteiger charge is 2.44. The highest BCUT2D eigenvalue weighted by atomic mass is 19.1. The highest BCUT2D eigenvalue weighted by molar-refractivity contribution is 6.09. The number of ether oxygens (including phenoxy) is 1. The van der Waals surface area contributed by atoms with Crippen LogP contribution in [0.4, 0.5) is 4.39 Å². The molecule has 0 atom stereocenters. The number of carbonyl (C=O) groups excluding carboxylic acids is 2. The van der Waals surface area contributed by atoms with Gasteiger partial charge in [0, 0.05) is 22.7 Å². The molecule has 1 aromatic heterocycles. The molecule has 1 heterocycles. The van der Waals surface area contributed by atoms with E-state index in [1.807, 2.05) is 24.3 Å². The van der Waals surface area contributed by atoms with Crippen LogP contribution in [0.3, 0.4) is 0 Å². The van der Waals surface area contributed by atoms with Crippen LogP contribution in [0.15, 0.2) is 54.7 Å². The average molecular weight is 365 g/mol. The molecule has 138 valence electrons. The summed E-state index contributed by atoms with van der Waals surface area (Å²) in [6.07, 6.45) is 4.61. The van der Waals surface area contributed by atoms with Crippen LogP contribution in [0.5, 0.6) is 0 Å². The Morgan fingerprint density at radius 3 is 2.63 bits per heavy atom. The molecule has 1 aliphatic carbocycles. The molecule has 1 fully saturated rings. The average Bonchev–Trinajstić information content (AvgIpc) is 3.34. The van der Waals surface area contributed by atoms with Gasteiger partial charge in [-0.1, -0.05) is 43.2 Å². The molecule has 4 rings (SSSR count). The Kier molecular flexibility index (Phi) is 4.52. The van der Waals surface area contributed by atoms with Crippen LogP contribution in [0.1, 0.15) is 41.6 Å². The van der Waals surface area contributed by atoms with Gasteiger partial charge in [0.2, 0.25) is 5.78 Å². The minimum Gasteiger partial charge on any atom is -0.457 e. The number of benzene rings is 2. The van der Waals surface area contributed by atoms with Crippen molar-refractivity contribution in [2.24, 2.45) is 0 Å². The van der Waals surface area contributed by atoms with Crippen LogP contribution < -0.4 is 0 Å². The lowest BCUT2D eigenvalue weighted by Crippen LogP contribution is -2.36. The molecule has 0 radical (unpaired) electrons. The number of fused-ring (bicyclic) bond motifs is 1. The molecule has 1 saturated carbocycles. The second-order valence-corrected chi connectivity index (χ2v) is 7.05. The maximum Gasteiger partial charge on any atom is 0.317 e. The third-order valence-corrected chi connectivity index (χ3v) is 5.45. The highest BCUT2D eigenvalue weighted by Crippen LogP contribution is 2.42. The summed E-state index contributed by atoms with van der Waals surface area (Å²) in [6, 6.07) is 13.6. The van der Waals surface area contributed by atoms with E-state index in [0.717, 1.165) is 23.7 Å². The van der Waals surface area contributed by atoms with Crippen molar-refractivity contribution in [1.82, 2.24) is 4.98 Å². The van der Waals surface area contributed by atoms with E-state index in [1.165, 1.54) is 12.1 Å². The first-order chi connectivity index (χ1) is 13.1. The summed E-state index contributed by atoms with van der Waals surface area (Å²) in [6.45, 7) is -0.322. The second-order valence-electron chi connectivity index (χ2n) is 7.05. The largest absolute Gasteiger partial charge is 0.457 e. The van der Waals surface area contributed by atoms with Crippen molar-refractivity contribution >= 4 is 22.7 Å². The zero-order chi connectivity index (χ0) is 18.9. The number of Topliss-reactive ketones (excluding diaryl/α,β-unsaturated/α-hetero) is 1. The van der Waals surface area contributed by atoms with E-state index in [1.54, 1.807) is 18.3 Å². The van der Waals surface area contributed by atoms with Gasteiger partial charge in [-0.3, -0.25) is 9.59 Å². The number of halogens is 1. The number of hydrogen-bond donors (Lipinski definition) is 1. The van der Waals surface area contributed by atoms with Crippen LogP contribution in [-0.4, -0.2) is 23.3 Å². The summed E-state index contributed by atoms with van der Waals surface area (Å²) < 4.78 is 19.1. The zero-order valence-electron chi connectivity index (χ0n) is 14.8. The van der Waals surface area contributed by atoms with Crippen molar-refractivity contribution in [2.45, 2.75) is 31.1 Å². The molecule has 0 bridgehead atoms. The molecule has 4 nitrogen and oxygen atoms in total. The number of para-hydroxylation sites is 1. The number of ketones is 1. The molecule has 0 saturated heterocycles. The second kappa shape index (κ2) is 6.99. The lowest BCUT2D eigenvalue weighted by molar-refractivity contribution is -0.149. The van der Waals surface area contributed by atoms with Crippen molar-refractivity contribution in [2.75, 3.05) is 6.61 Å². The van der Waals surface area contributed by atoms with Crippen LogP contribution in [0.25, 0.3) is 10.9 Å². The molecule has 0 aliphatic heterocycles. The van der Waals surface area contributed by atoms with E-state index in [4.69, 9.17) is 4.74 Å². The molecule has 2 aromatic carbocycles. The summed E-state index contributed by atoms with van der Waals surface area (Å²) in [7, 11) is 0. The third kappa shape index (κ3) is 3.14. The van der Waals surface area contributed by atoms with Crippen molar-refractivity contribution < 1.29 is 18.7 Å². The van der Waals surface area contributed by atoms with Crippen molar-refractivity contribution in [3.05, 3.63) is 71.7 Å². The van der Waals surface area contributed by atoms with E-state index in [2.05, 4.69) is 4.98 Å². The molecule has 0 spiro atoms. The van der Waals surface area contributed by atoms with Gasteiger partial charge in [-0.25, -0.2) is 4.39 Å². The Morgan fingerprint density at radius 1 is 1.07 bits per heavy atom. The molecule has 27 heavy (non-hydrogen) atoms. The van der Waals surface area contributed by atoms with Gasteiger partial charge in [0.25, 0.3) is 0 Å². The fourth-order valence-corrected chi connectivity index (χ4v) is 4.02. The SMILES string of the molecule is O=C(COC(=O)C1(c2cccc(F)c2)CCCC1)c1c[nH]c2ccccc12. The van der Waals surface area contributed by atoms with Crippen LogP contribution in [0, 0.1) is 5.82 Å². The van der Waals surface area contributed by atoms with Gasteiger partial charge in [-0.15, -0.1) is 0 Å². The van der Waals surface area contributed by atoms with Crippen LogP contribution in [-0.2, 0) is 14.9 Å². The minimum absolute atomic E-state index is 0.256. The van der Waals surface area contributed by atoms with Crippen molar-refractivity contribution in [3.8, 4) is 0 Å². The Labute approximate surface area is 156 Å². The summed E-state index contributed by atoms with van der Waals surface area (Å²) in [5.41, 5.74) is 1.14. The molecule has 1 aliphatic rings. The van der Waals surface area contributed by atoms with E-state index < -0.39 is 11.4 Å². The molecule has 1 N–H and O–H groups in total. The zero-order valence-corrected chi connectivity index (χ0v) is 14.8. The number of H-pyrrole nitrogens is 1. The van der Waals surface area contributed by atoms with E-state index >= 15 is 0 Å². The maximum atomic E-state index is 13.7. The van der Waals surface area contributed by atoms with Gasteiger partial charge in [0.1, 0.15) is 5.82 Å². The summed E-state index contributed by atoms with van der Waals surface area (Å²) in [5.74, 6) is -1.08. The van der Waals surface area contributed by atoms with Gasteiger partial charge in [-0.2, -0.15) is 0 Å². The van der Waals surface area contributed by atoms with Gasteiger partial charge < -0.3 is 9.72 Å². The van der Waals surface area contributed by atoms with Crippen LogP contribution >= 0.6 is 0 Å². The first-order valence-electron chi connectivity index (χ1n) is 9.13. The topological polar surface area (TPSA) is 59.2 Å². The first-order valence-corrected chi connectivity index (χ1v) is 9.13. The molecular formula is C22H20FNO3. The van der Waals surface area contributed by atoms with Gasteiger partial charge in [0.05, 0.1) is 5.41 Å². The molecule has 3 aromatic rings. The summed E-state index contributed by atoms with van der Waals surface area (Å²) >= 11 is 0. The van der Waals surface area contributed by atoms with Gasteiger partial charge >= 0.3 is 5.97 Å². The van der Waals surface area contributed by atoms with Gasteiger partial charge in [0.15, 0.2) is 6.61 Å². The number of rotatable bonds is 5. The fraction of sp³-hybridized carbons (Fsp3) is 0.273. The van der Waals surface area contributed by atoms with Crippen molar-refractivity contribution in [3.63, 3.8) is 0 Å². The quantitative estimate of drug-likeness (QED) is 0.533. The van der Waals surface area contributed by atoms with Gasteiger partial charge in [-0.05, 0) is 36.6 Å². The first kappa shape index (κ1) is 17.5. The molecule has 0 unspecified atom stereocenters. The Bertz CT molecular complexity index is 1000. The third-order valence-electron chi connectivity index (χ3n) is 5.45. The smallest absolute Gasteiger partial charge is 0.317 e. The number of aromatic amines is 1. The minimum atomic E-state index is -0.859. The normalized spacial score (nSPS) is 15.7. The van der Waals surface area contributed by atoms with E-state index in [-0.39, 0.29) is 18.2 Å². The van der Waals surface area contributed by atoms with Crippen LogP contribution in [0.2, 0.25) is 0 Å². The molecule has 0 amide bonds.